The molecular formula is C28H37NO6. The first-order valence-electron chi connectivity index (χ1n) is 12.2. The Morgan fingerprint density at radius 2 is 1.80 bits per heavy atom. The lowest BCUT2D eigenvalue weighted by atomic mass is 9.84. The summed E-state index contributed by atoms with van der Waals surface area (Å²) < 4.78 is 23.2. The monoisotopic (exact) mass is 483 g/mol. The highest BCUT2D eigenvalue weighted by atomic mass is 16.6. The summed E-state index contributed by atoms with van der Waals surface area (Å²) in [4.78, 5) is 23.9. The van der Waals surface area contributed by atoms with Gasteiger partial charge in [0, 0.05) is 0 Å². The van der Waals surface area contributed by atoms with Crippen LogP contribution < -0.4 is 19.5 Å². The van der Waals surface area contributed by atoms with Crippen molar-refractivity contribution >= 4 is 12.4 Å². The first kappa shape index (κ1) is 26.4. The van der Waals surface area contributed by atoms with Gasteiger partial charge in [-0.15, -0.1) is 0 Å². The first-order chi connectivity index (χ1) is 16.6. The van der Waals surface area contributed by atoms with Crippen LogP contribution in [0.2, 0.25) is 0 Å². The van der Waals surface area contributed by atoms with Crippen molar-refractivity contribution < 1.29 is 28.5 Å². The van der Waals surface area contributed by atoms with Crippen LogP contribution in [0.1, 0.15) is 52.2 Å². The number of benzene rings is 2. The number of hydrogen-bond donors (Lipinski definition) is 1. The van der Waals surface area contributed by atoms with E-state index in [1.165, 1.54) is 0 Å². The van der Waals surface area contributed by atoms with Gasteiger partial charge in [0.2, 0.25) is 5.75 Å². The van der Waals surface area contributed by atoms with Crippen LogP contribution in [-0.2, 0) is 22.6 Å². The van der Waals surface area contributed by atoms with E-state index in [4.69, 9.17) is 18.9 Å². The summed E-state index contributed by atoms with van der Waals surface area (Å²) in [6.45, 7) is 11.0. The summed E-state index contributed by atoms with van der Waals surface area (Å²) in [6.07, 6.45) is 1.37. The molecular weight excluding hydrogens is 446 g/mol. The summed E-state index contributed by atoms with van der Waals surface area (Å²) in [6, 6.07) is 13.3. The molecule has 3 rings (SSSR count). The smallest absolute Gasteiger partial charge is 0.408 e. The SMILES string of the molecule is CC(C)[C@@H](Cc1cc2c(c(OCc3ccccc3)c1)OCCO2)C[C@@H](C=O)NC(=O)OC(C)(C)C. The largest absolute Gasteiger partial charge is 0.486 e. The molecule has 0 aliphatic carbocycles. The van der Waals surface area contributed by atoms with Gasteiger partial charge in [0.25, 0.3) is 0 Å². The van der Waals surface area contributed by atoms with Crippen molar-refractivity contribution in [2.75, 3.05) is 13.2 Å². The van der Waals surface area contributed by atoms with Crippen LogP contribution in [0.4, 0.5) is 4.79 Å². The average molecular weight is 484 g/mol. The maximum absolute atomic E-state index is 12.2. The van der Waals surface area contributed by atoms with Gasteiger partial charge < -0.3 is 29.1 Å². The van der Waals surface area contributed by atoms with Gasteiger partial charge in [0.05, 0.1) is 6.04 Å². The topological polar surface area (TPSA) is 83.1 Å². The molecule has 2 atom stereocenters. The van der Waals surface area contributed by atoms with Crippen molar-refractivity contribution in [3.63, 3.8) is 0 Å². The van der Waals surface area contributed by atoms with E-state index in [2.05, 4.69) is 19.2 Å². The van der Waals surface area contributed by atoms with E-state index in [1.54, 1.807) is 20.8 Å². The van der Waals surface area contributed by atoms with Crippen molar-refractivity contribution in [3.05, 3.63) is 53.6 Å². The summed E-state index contributed by atoms with van der Waals surface area (Å²) in [5.74, 6) is 2.33. The molecule has 0 radical (unpaired) electrons. The number of aldehydes is 1. The van der Waals surface area contributed by atoms with E-state index in [0.717, 1.165) is 17.4 Å². The van der Waals surface area contributed by atoms with Crippen LogP contribution in [0, 0.1) is 11.8 Å². The van der Waals surface area contributed by atoms with E-state index in [9.17, 15) is 9.59 Å². The van der Waals surface area contributed by atoms with Gasteiger partial charge in [0.15, 0.2) is 11.5 Å². The number of hydrogen-bond acceptors (Lipinski definition) is 6. The van der Waals surface area contributed by atoms with Crippen molar-refractivity contribution in [3.8, 4) is 17.2 Å². The number of fused-ring (bicyclic) bond motifs is 1. The van der Waals surface area contributed by atoms with Gasteiger partial charge in [-0.2, -0.15) is 0 Å². The zero-order valence-electron chi connectivity index (χ0n) is 21.3. The van der Waals surface area contributed by atoms with Gasteiger partial charge in [-0.05, 0) is 68.7 Å². The molecule has 190 valence electrons. The predicted molar refractivity (Wildman–Crippen MR) is 134 cm³/mol. The Balaban J connectivity index is 1.75. The lowest BCUT2D eigenvalue weighted by Gasteiger charge is -2.27. The van der Waals surface area contributed by atoms with Crippen molar-refractivity contribution in [1.82, 2.24) is 5.32 Å². The van der Waals surface area contributed by atoms with Crippen LogP contribution in [0.25, 0.3) is 0 Å². The predicted octanol–water partition coefficient (Wildman–Crippen LogP) is 5.33. The van der Waals surface area contributed by atoms with E-state index in [-0.39, 0.29) is 11.8 Å². The van der Waals surface area contributed by atoms with Crippen LogP contribution in [0.3, 0.4) is 0 Å². The maximum atomic E-state index is 12.2. The fourth-order valence-electron chi connectivity index (χ4n) is 3.96. The van der Waals surface area contributed by atoms with Crippen LogP contribution in [0.15, 0.2) is 42.5 Å². The highest BCUT2D eigenvalue weighted by Crippen LogP contribution is 2.42. The van der Waals surface area contributed by atoms with Crippen LogP contribution >= 0.6 is 0 Å². The zero-order valence-corrected chi connectivity index (χ0v) is 21.3. The van der Waals surface area contributed by atoms with Crippen LogP contribution in [0.5, 0.6) is 17.2 Å². The molecule has 7 nitrogen and oxygen atoms in total. The minimum absolute atomic E-state index is 0.129. The third-order valence-electron chi connectivity index (χ3n) is 5.77. The number of carbonyl (C=O) groups excluding carboxylic acids is 2. The van der Waals surface area contributed by atoms with Gasteiger partial charge in [-0.1, -0.05) is 44.2 Å². The summed E-state index contributed by atoms with van der Waals surface area (Å²) in [7, 11) is 0. The molecule has 1 N–H and O–H groups in total. The molecule has 7 heteroatoms. The number of ether oxygens (including phenoxy) is 4. The van der Waals surface area contributed by atoms with Gasteiger partial charge in [-0.25, -0.2) is 4.79 Å². The minimum atomic E-state index is -0.636. The Kier molecular flexibility index (Phi) is 9.01. The van der Waals surface area contributed by atoms with Crippen molar-refractivity contribution in [1.29, 1.82) is 0 Å². The highest BCUT2D eigenvalue weighted by Gasteiger charge is 2.26. The van der Waals surface area contributed by atoms with E-state index in [1.807, 2.05) is 42.5 Å². The first-order valence-corrected chi connectivity index (χ1v) is 12.2. The van der Waals surface area contributed by atoms with Crippen molar-refractivity contribution in [2.24, 2.45) is 11.8 Å². The molecule has 1 heterocycles. The highest BCUT2D eigenvalue weighted by molar-refractivity contribution is 5.73. The molecule has 1 aliphatic rings. The molecule has 2 aromatic rings. The Bertz CT molecular complexity index is 983. The average Bonchev–Trinajstić information content (AvgIpc) is 2.81. The molecule has 0 unspecified atom stereocenters. The molecule has 1 amide bonds. The number of amides is 1. The number of alkyl carbamates (subject to hydrolysis) is 1. The molecule has 0 fully saturated rings. The quantitative estimate of drug-likeness (QED) is 0.460. The standard InChI is InChI=1S/C28H37NO6/c1-19(2)22(16-23(17-30)29-27(31)35-28(3,4)5)13-21-14-24-26(33-12-11-32-24)25(15-21)34-18-20-9-7-6-8-10-20/h6-10,14-15,17,19,22-23H,11-13,16,18H2,1-5H3,(H,29,31)/t22-,23-/m0/s1. The lowest BCUT2D eigenvalue weighted by molar-refractivity contribution is -0.110. The van der Waals surface area contributed by atoms with Crippen LogP contribution in [-0.4, -0.2) is 37.2 Å². The number of carbonyl (C=O) groups is 2. The fourth-order valence-corrected chi connectivity index (χ4v) is 3.96. The second-order valence-corrected chi connectivity index (χ2v) is 10.2. The molecule has 35 heavy (non-hydrogen) atoms. The second kappa shape index (κ2) is 12.0. The summed E-state index contributed by atoms with van der Waals surface area (Å²) in [5, 5.41) is 2.70. The maximum Gasteiger partial charge on any atom is 0.408 e. The van der Waals surface area contributed by atoms with Gasteiger partial charge >= 0.3 is 6.09 Å². The fraction of sp³-hybridized carbons (Fsp3) is 0.500. The zero-order chi connectivity index (χ0) is 25.4. The van der Waals surface area contributed by atoms with Crippen molar-refractivity contribution in [2.45, 2.75) is 65.7 Å². The van der Waals surface area contributed by atoms with Gasteiger partial charge in [0.1, 0.15) is 31.7 Å². The number of nitrogens with one attached hydrogen (secondary N) is 1. The Morgan fingerprint density at radius 1 is 1.09 bits per heavy atom. The number of rotatable bonds is 10. The van der Waals surface area contributed by atoms with Gasteiger partial charge in [-0.3, -0.25) is 0 Å². The molecule has 2 aromatic carbocycles. The second-order valence-electron chi connectivity index (χ2n) is 10.2. The molecule has 0 bridgehead atoms. The van der Waals surface area contributed by atoms with E-state index >= 15 is 0 Å². The molecule has 0 saturated carbocycles. The lowest BCUT2D eigenvalue weighted by Crippen LogP contribution is -2.41. The normalized spacial score (nSPS) is 14.7. The van der Waals surface area contributed by atoms with E-state index < -0.39 is 17.7 Å². The third kappa shape index (κ3) is 8.19. The summed E-state index contributed by atoms with van der Waals surface area (Å²) >= 11 is 0. The Hall–Kier alpha value is -3.22. The third-order valence-corrected chi connectivity index (χ3v) is 5.77. The Labute approximate surface area is 208 Å². The summed E-state index contributed by atoms with van der Waals surface area (Å²) in [5.41, 5.74) is 1.46. The Morgan fingerprint density at radius 3 is 2.46 bits per heavy atom. The van der Waals surface area contributed by atoms with E-state index in [0.29, 0.717) is 49.9 Å². The molecule has 0 spiro atoms. The molecule has 1 aliphatic heterocycles. The minimum Gasteiger partial charge on any atom is -0.486 e. The molecule has 0 saturated heterocycles. The molecule has 0 aromatic heterocycles.